The van der Waals surface area contributed by atoms with E-state index in [0.717, 1.165) is 17.0 Å². The summed E-state index contributed by atoms with van der Waals surface area (Å²) in [7, 11) is 0. The molecule has 0 unspecified atom stereocenters. The maximum absolute atomic E-state index is 12.0. The molecule has 0 fully saturated rings. The number of aryl methyl sites for hydroxylation is 2. The average Bonchev–Trinajstić information content (AvgIpc) is 2.38. The van der Waals surface area contributed by atoms with Gasteiger partial charge in [0, 0.05) is 17.8 Å². The molecule has 4 heteroatoms. The lowest BCUT2D eigenvalue weighted by Crippen LogP contribution is -2.16. The SMILES string of the molecule is Cc1cc(C)nc(NC(=O)C[C@H](C)c2ccccc2)n1. The number of hydrogen-bond acceptors (Lipinski definition) is 3. The quantitative estimate of drug-likeness (QED) is 0.927. The lowest BCUT2D eigenvalue weighted by Gasteiger charge is -2.11. The summed E-state index contributed by atoms with van der Waals surface area (Å²) in [6, 6.07) is 11.9. The van der Waals surface area contributed by atoms with Crippen LogP contribution in [0.3, 0.4) is 0 Å². The van der Waals surface area contributed by atoms with E-state index in [9.17, 15) is 4.79 Å². The van der Waals surface area contributed by atoms with Gasteiger partial charge >= 0.3 is 0 Å². The fourth-order valence-electron chi connectivity index (χ4n) is 2.14. The molecule has 0 aliphatic carbocycles. The fraction of sp³-hybridized carbons (Fsp3) is 0.312. The number of aromatic nitrogens is 2. The van der Waals surface area contributed by atoms with Crippen molar-refractivity contribution in [2.45, 2.75) is 33.1 Å². The molecule has 104 valence electrons. The summed E-state index contributed by atoms with van der Waals surface area (Å²) in [5, 5.41) is 2.76. The number of rotatable bonds is 4. The van der Waals surface area contributed by atoms with Crippen LogP contribution in [-0.2, 0) is 4.79 Å². The van der Waals surface area contributed by atoms with Crippen molar-refractivity contribution in [3.05, 3.63) is 53.3 Å². The first-order valence-corrected chi connectivity index (χ1v) is 6.71. The average molecular weight is 269 g/mol. The van der Waals surface area contributed by atoms with Crippen LogP contribution in [0.25, 0.3) is 0 Å². The Balaban J connectivity index is 1.99. The highest BCUT2D eigenvalue weighted by molar-refractivity contribution is 5.89. The minimum atomic E-state index is -0.0636. The van der Waals surface area contributed by atoms with Crippen molar-refractivity contribution < 1.29 is 4.79 Å². The Morgan fingerprint density at radius 1 is 1.15 bits per heavy atom. The third-order valence-electron chi connectivity index (χ3n) is 3.09. The fourth-order valence-corrected chi connectivity index (χ4v) is 2.14. The molecule has 2 aromatic rings. The molecule has 0 aliphatic heterocycles. The van der Waals surface area contributed by atoms with Crippen LogP contribution in [0.1, 0.15) is 36.2 Å². The van der Waals surface area contributed by atoms with Gasteiger partial charge in [0.05, 0.1) is 0 Å². The maximum Gasteiger partial charge on any atom is 0.229 e. The van der Waals surface area contributed by atoms with Crippen LogP contribution in [0.2, 0.25) is 0 Å². The minimum Gasteiger partial charge on any atom is -0.294 e. The van der Waals surface area contributed by atoms with Crippen molar-refractivity contribution in [1.29, 1.82) is 0 Å². The molecule has 1 N–H and O–H groups in total. The summed E-state index contributed by atoms with van der Waals surface area (Å²) in [4.78, 5) is 20.4. The summed E-state index contributed by atoms with van der Waals surface area (Å²) in [6.07, 6.45) is 0.417. The van der Waals surface area contributed by atoms with E-state index in [1.165, 1.54) is 0 Å². The number of benzene rings is 1. The van der Waals surface area contributed by atoms with Crippen molar-refractivity contribution in [3.8, 4) is 0 Å². The van der Waals surface area contributed by atoms with Crippen molar-refractivity contribution in [1.82, 2.24) is 9.97 Å². The van der Waals surface area contributed by atoms with E-state index in [4.69, 9.17) is 0 Å². The monoisotopic (exact) mass is 269 g/mol. The van der Waals surface area contributed by atoms with Gasteiger partial charge in [-0.1, -0.05) is 37.3 Å². The normalized spacial score (nSPS) is 11.9. The number of anilines is 1. The Labute approximate surface area is 119 Å². The zero-order chi connectivity index (χ0) is 14.5. The van der Waals surface area contributed by atoms with Crippen molar-refractivity contribution in [2.75, 3.05) is 5.32 Å². The first-order chi connectivity index (χ1) is 9.54. The van der Waals surface area contributed by atoms with E-state index in [0.29, 0.717) is 12.4 Å². The number of hydrogen-bond donors (Lipinski definition) is 1. The van der Waals surface area contributed by atoms with Crippen LogP contribution in [0.15, 0.2) is 36.4 Å². The second-order valence-electron chi connectivity index (χ2n) is 5.04. The van der Waals surface area contributed by atoms with Gasteiger partial charge in [0.2, 0.25) is 11.9 Å². The number of nitrogens with zero attached hydrogens (tertiary/aromatic N) is 2. The summed E-state index contributed by atoms with van der Waals surface area (Å²) in [5.41, 5.74) is 2.86. The molecule has 1 aromatic carbocycles. The molecule has 0 spiro atoms. The van der Waals surface area contributed by atoms with E-state index in [1.54, 1.807) is 0 Å². The number of carbonyl (C=O) groups excluding carboxylic acids is 1. The molecule has 0 saturated heterocycles. The second-order valence-corrected chi connectivity index (χ2v) is 5.04. The first kappa shape index (κ1) is 14.2. The van der Waals surface area contributed by atoms with Crippen LogP contribution < -0.4 is 5.32 Å². The zero-order valence-corrected chi connectivity index (χ0v) is 12.1. The third kappa shape index (κ3) is 3.88. The molecule has 1 heterocycles. The summed E-state index contributed by atoms with van der Waals surface area (Å²) < 4.78 is 0. The molecule has 0 aliphatic rings. The highest BCUT2D eigenvalue weighted by Gasteiger charge is 2.12. The van der Waals surface area contributed by atoms with Crippen molar-refractivity contribution in [3.63, 3.8) is 0 Å². The van der Waals surface area contributed by atoms with Gasteiger partial charge < -0.3 is 0 Å². The molecule has 2 rings (SSSR count). The molecule has 0 saturated carbocycles. The van der Waals surface area contributed by atoms with Gasteiger partial charge in [-0.2, -0.15) is 0 Å². The number of nitrogens with one attached hydrogen (secondary N) is 1. The summed E-state index contributed by atoms with van der Waals surface area (Å²) in [5.74, 6) is 0.487. The van der Waals surface area contributed by atoms with Gasteiger partial charge in [-0.05, 0) is 31.4 Å². The molecule has 1 amide bonds. The summed E-state index contributed by atoms with van der Waals surface area (Å²) >= 11 is 0. The Bertz CT molecular complexity index is 576. The second kappa shape index (κ2) is 6.28. The van der Waals surface area contributed by atoms with E-state index >= 15 is 0 Å². The molecule has 1 aromatic heterocycles. The highest BCUT2D eigenvalue weighted by atomic mass is 16.1. The highest BCUT2D eigenvalue weighted by Crippen LogP contribution is 2.18. The van der Waals surface area contributed by atoms with E-state index in [1.807, 2.05) is 57.2 Å². The topological polar surface area (TPSA) is 54.9 Å². The smallest absolute Gasteiger partial charge is 0.229 e. The van der Waals surface area contributed by atoms with E-state index in [2.05, 4.69) is 15.3 Å². The van der Waals surface area contributed by atoms with Crippen molar-refractivity contribution in [2.24, 2.45) is 0 Å². The molecule has 0 bridgehead atoms. The molecule has 4 nitrogen and oxygen atoms in total. The molecular weight excluding hydrogens is 250 g/mol. The van der Waals surface area contributed by atoms with Crippen LogP contribution in [0.4, 0.5) is 5.95 Å². The van der Waals surface area contributed by atoms with Gasteiger partial charge in [-0.15, -0.1) is 0 Å². The van der Waals surface area contributed by atoms with Crippen LogP contribution in [-0.4, -0.2) is 15.9 Å². The maximum atomic E-state index is 12.0. The van der Waals surface area contributed by atoms with Gasteiger partial charge in [-0.3, -0.25) is 10.1 Å². The lowest BCUT2D eigenvalue weighted by molar-refractivity contribution is -0.116. The van der Waals surface area contributed by atoms with Crippen LogP contribution >= 0.6 is 0 Å². The van der Waals surface area contributed by atoms with E-state index in [-0.39, 0.29) is 11.8 Å². The van der Waals surface area contributed by atoms with Gasteiger partial charge in [-0.25, -0.2) is 9.97 Å². The van der Waals surface area contributed by atoms with Gasteiger partial charge in [0.15, 0.2) is 0 Å². The Kier molecular flexibility index (Phi) is 4.45. The van der Waals surface area contributed by atoms with Gasteiger partial charge in [0.1, 0.15) is 0 Å². The zero-order valence-electron chi connectivity index (χ0n) is 12.1. The number of amides is 1. The molecular formula is C16H19N3O. The third-order valence-corrected chi connectivity index (χ3v) is 3.09. The summed E-state index contributed by atoms with van der Waals surface area (Å²) in [6.45, 7) is 5.81. The predicted octanol–water partition coefficient (Wildman–Crippen LogP) is 3.23. The van der Waals surface area contributed by atoms with Crippen molar-refractivity contribution >= 4 is 11.9 Å². The predicted molar refractivity (Wildman–Crippen MR) is 79.6 cm³/mol. The largest absolute Gasteiger partial charge is 0.294 e. The Morgan fingerprint density at radius 2 is 1.75 bits per heavy atom. The standard InChI is InChI=1S/C16H19N3O/c1-11(14-7-5-4-6-8-14)9-15(20)19-16-17-12(2)10-13(3)18-16/h4-8,10-11H,9H2,1-3H3,(H,17,18,19,20)/t11-/m0/s1. The molecule has 0 radical (unpaired) electrons. The minimum absolute atomic E-state index is 0.0636. The van der Waals surface area contributed by atoms with Gasteiger partial charge in [0.25, 0.3) is 0 Å². The lowest BCUT2D eigenvalue weighted by atomic mass is 9.98. The Morgan fingerprint density at radius 3 is 2.35 bits per heavy atom. The molecule has 1 atom stereocenters. The van der Waals surface area contributed by atoms with Crippen LogP contribution in [0.5, 0.6) is 0 Å². The Hall–Kier alpha value is -2.23. The first-order valence-electron chi connectivity index (χ1n) is 6.71. The van der Waals surface area contributed by atoms with E-state index < -0.39 is 0 Å². The molecule has 20 heavy (non-hydrogen) atoms. The van der Waals surface area contributed by atoms with Crippen LogP contribution in [0, 0.1) is 13.8 Å². The number of carbonyl (C=O) groups is 1.